The Bertz CT molecular complexity index is 768. The standard InChI is InChI=1S/C20H24N2O3S/c23-20(22-9-7-14-2-1-8-21-13-14)19-6-5-18(26-19)15-3-4-16-17(12-15)25-11-10-24-16/h3-6,12,14,21H,1-2,7-11,13H2,(H,22,23). The normalized spacial score (nSPS) is 19.2. The second kappa shape index (κ2) is 8.10. The van der Waals surface area contributed by atoms with Gasteiger partial charge in [0.2, 0.25) is 0 Å². The van der Waals surface area contributed by atoms with Crippen molar-refractivity contribution >= 4 is 17.2 Å². The van der Waals surface area contributed by atoms with E-state index in [0.29, 0.717) is 19.1 Å². The summed E-state index contributed by atoms with van der Waals surface area (Å²) in [6.45, 7) is 4.10. The van der Waals surface area contributed by atoms with Gasteiger partial charge >= 0.3 is 0 Å². The molecule has 1 amide bonds. The third-order valence-electron chi connectivity index (χ3n) is 4.89. The molecule has 3 heterocycles. The number of benzene rings is 1. The Morgan fingerprint density at radius 3 is 2.92 bits per heavy atom. The first kappa shape index (κ1) is 17.4. The van der Waals surface area contributed by atoms with Crippen LogP contribution in [0.15, 0.2) is 30.3 Å². The van der Waals surface area contributed by atoms with E-state index in [4.69, 9.17) is 9.47 Å². The minimum Gasteiger partial charge on any atom is -0.486 e. The highest BCUT2D eigenvalue weighted by molar-refractivity contribution is 7.17. The van der Waals surface area contributed by atoms with Crippen LogP contribution in [-0.4, -0.2) is 38.8 Å². The number of amides is 1. The number of hydrogen-bond acceptors (Lipinski definition) is 5. The largest absolute Gasteiger partial charge is 0.486 e. The van der Waals surface area contributed by atoms with Crippen LogP contribution in [0.3, 0.4) is 0 Å². The molecule has 0 saturated carbocycles. The summed E-state index contributed by atoms with van der Waals surface area (Å²) in [6, 6.07) is 9.82. The number of ether oxygens (including phenoxy) is 2. The second-order valence-corrected chi connectivity index (χ2v) is 7.86. The summed E-state index contributed by atoms with van der Waals surface area (Å²) in [5, 5.41) is 6.48. The van der Waals surface area contributed by atoms with Crippen molar-refractivity contribution in [1.82, 2.24) is 10.6 Å². The number of fused-ring (bicyclic) bond motifs is 1. The molecular formula is C20H24N2O3S. The van der Waals surface area contributed by atoms with Crippen LogP contribution in [0.25, 0.3) is 10.4 Å². The number of nitrogens with one attached hydrogen (secondary N) is 2. The zero-order valence-electron chi connectivity index (χ0n) is 14.8. The van der Waals surface area contributed by atoms with E-state index in [1.54, 1.807) is 0 Å². The van der Waals surface area contributed by atoms with Crippen LogP contribution in [0.4, 0.5) is 0 Å². The lowest BCUT2D eigenvalue weighted by Gasteiger charge is -2.22. The minimum atomic E-state index is 0.0163. The van der Waals surface area contributed by atoms with Gasteiger partial charge in [0.15, 0.2) is 11.5 Å². The van der Waals surface area contributed by atoms with Crippen molar-refractivity contribution in [3.63, 3.8) is 0 Å². The maximum atomic E-state index is 12.4. The first-order valence-corrected chi connectivity index (χ1v) is 10.1. The molecule has 6 heteroatoms. The molecule has 1 saturated heterocycles. The quantitative estimate of drug-likeness (QED) is 0.845. The van der Waals surface area contributed by atoms with Gasteiger partial charge in [-0.05, 0) is 74.2 Å². The molecule has 0 aliphatic carbocycles. The third kappa shape index (κ3) is 4.02. The van der Waals surface area contributed by atoms with Gasteiger partial charge in [-0.3, -0.25) is 4.79 Å². The van der Waals surface area contributed by atoms with Gasteiger partial charge in [-0.1, -0.05) is 0 Å². The molecule has 2 aromatic rings. The highest BCUT2D eigenvalue weighted by Crippen LogP contribution is 2.36. The molecular weight excluding hydrogens is 348 g/mol. The topological polar surface area (TPSA) is 59.6 Å². The Morgan fingerprint density at radius 2 is 2.08 bits per heavy atom. The average molecular weight is 372 g/mol. The molecule has 0 spiro atoms. The Kier molecular flexibility index (Phi) is 5.41. The fraction of sp³-hybridized carbons (Fsp3) is 0.450. The van der Waals surface area contributed by atoms with E-state index in [1.165, 1.54) is 24.2 Å². The van der Waals surface area contributed by atoms with Crippen LogP contribution in [-0.2, 0) is 0 Å². The van der Waals surface area contributed by atoms with Gasteiger partial charge in [-0.15, -0.1) is 11.3 Å². The van der Waals surface area contributed by atoms with Crippen molar-refractivity contribution in [2.45, 2.75) is 19.3 Å². The molecule has 138 valence electrons. The van der Waals surface area contributed by atoms with Gasteiger partial charge in [0.05, 0.1) is 4.88 Å². The van der Waals surface area contributed by atoms with E-state index >= 15 is 0 Å². The first-order chi connectivity index (χ1) is 12.8. The number of carbonyl (C=O) groups is 1. The van der Waals surface area contributed by atoms with Crippen LogP contribution in [0.2, 0.25) is 0 Å². The van der Waals surface area contributed by atoms with Gasteiger partial charge in [-0.2, -0.15) is 0 Å². The van der Waals surface area contributed by atoms with Crippen molar-refractivity contribution in [2.24, 2.45) is 5.92 Å². The molecule has 0 radical (unpaired) electrons. The highest BCUT2D eigenvalue weighted by atomic mass is 32.1. The van der Waals surface area contributed by atoms with Crippen LogP contribution in [0.5, 0.6) is 11.5 Å². The maximum Gasteiger partial charge on any atom is 0.261 e. The summed E-state index contributed by atoms with van der Waals surface area (Å²) in [5.41, 5.74) is 1.05. The molecule has 1 fully saturated rings. The van der Waals surface area contributed by atoms with E-state index in [9.17, 15) is 4.79 Å². The smallest absolute Gasteiger partial charge is 0.261 e. The van der Waals surface area contributed by atoms with Crippen LogP contribution in [0.1, 0.15) is 28.9 Å². The second-order valence-electron chi connectivity index (χ2n) is 6.78. The van der Waals surface area contributed by atoms with Crippen molar-refractivity contribution in [3.05, 3.63) is 35.2 Å². The molecule has 1 atom stereocenters. The minimum absolute atomic E-state index is 0.0163. The van der Waals surface area contributed by atoms with Gasteiger partial charge < -0.3 is 20.1 Å². The van der Waals surface area contributed by atoms with Crippen molar-refractivity contribution in [2.75, 3.05) is 32.8 Å². The predicted molar refractivity (Wildman–Crippen MR) is 103 cm³/mol. The van der Waals surface area contributed by atoms with E-state index in [-0.39, 0.29) is 5.91 Å². The zero-order chi connectivity index (χ0) is 17.8. The van der Waals surface area contributed by atoms with Crippen molar-refractivity contribution in [1.29, 1.82) is 0 Å². The van der Waals surface area contributed by atoms with E-state index in [1.807, 2.05) is 30.3 Å². The van der Waals surface area contributed by atoms with Crippen molar-refractivity contribution in [3.8, 4) is 21.9 Å². The fourth-order valence-electron chi connectivity index (χ4n) is 3.46. The molecule has 2 aliphatic heterocycles. The lowest BCUT2D eigenvalue weighted by Crippen LogP contribution is -2.33. The van der Waals surface area contributed by atoms with Gasteiger partial charge in [0.1, 0.15) is 13.2 Å². The molecule has 26 heavy (non-hydrogen) atoms. The number of thiophene rings is 1. The number of carbonyl (C=O) groups excluding carboxylic acids is 1. The number of rotatable bonds is 5. The van der Waals surface area contributed by atoms with Crippen LogP contribution < -0.4 is 20.1 Å². The summed E-state index contributed by atoms with van der Waals surface area (Å²) in [6.07, 6.45) is 3.54. The van der Waals surface area contributed by atoms with Crippen molar-refractivity contribution < 1.29 is 14.3 Å². The van der Waals surface area contributed by atoms with Gasteiger partial charge in [0, 0.05) is 11.4 Å². The Morgan fingerprint density at radius 1 is 1.19 bits per heavy atom. The van der Waals surface area contributed by atoms with E-state index in [0.717, 1.165) is 52.9 Å². The maximum absolute atomic E-state index is 12.4. The molecule has 0 bridgehead atoms. The molecule has 2 aliphatic rings. The van der Waals surface area contributed by atoms with Crippen LogP contribution in [0, 0.1) is 5.92 Å². The van der Waals surface area contributed by atoms with E-state index < -0.39 is 0 Å². The Hall–Kier alpha value is -2.05. The summed E-state index contributed by atoms with van der Waals surface area (Å²) in [7, 11) is 0. The Labute approximate surface area is 157 Å². The fourth-order valence-corrected chi connectivity index (χ4v) is 4.38. The monoisotopic (exact) mass is 372 g/mol. The Balaban J connectivity index is 1.35. The van der Waals surface area contributed by atoms with E-state index in [2.05, 4.69) is 10.6 Å². The predicted octanol–water partition coefficient (Wildman–Crippen LogP) is 3.31. The zero-order valence-corrected chi connectivity index (χ0v) is 15.6. The summed E-state index contributed by atoms with van der Waals surface area (Å²) < 4.78 is 11.2. The molecule has 1 aromatic heterocycles. The van der Waals surface area contributed by atoms with Crippen LogP contribution >= 0.6 is 11.3 Å². The molecule has 1 unspecified atom stereocenters. The molecule has 4 rings (SSSR count). The lowest BCUT2D eigenvalue weighted by molar-refractivity contribution is 0.0954. The highest BCUT2D eigenvalue weighted by Gasteiger charge is 2.16. The lowest BCUT2D eigenvalue weighted by atomic mass is 9.96. The summed E-state index contributed by atoms with van der Waals surface area (Å²) >= 11 is 1.51. The molecule has 1 aromatic carbocycles. The third-order valence-corrected chi connectivity index (χ3v) is 6.03. The molecule has 5 nitrogen and oxygen atoms in total. The summed E-state index contributed by atoms with van der Waals surface area (Å²) in [5.74, 6) is 2.25. The SMILES string of the molecule is O=C(NCCC1CCCNC1)c1ccc(-c2ccc3c(c2)OCCO3)s1. The number of piperidine rings is 1. The number of hydrogen-bond donors (Lipinski definition) is 2. The molecule has 2 N–H and O–H groups in total. The van der Waals surface area contributed by atoms with Gasteiger partial charge in [0.25, 0.3) is 5.91 Å². The average Bonchev–Trinajstić information content (AvgIpc) is 3.19. The summed E-state index contributed by atoms with van der Waals surface area (Å²) in [4.78, 5) is 14.2. The van der Waals surface area contributed by atoms with Gasteiger partial charge in [-0.25, -0.2) is 0 Å². The first-order valence-electron chi connectivity index (χ1n) is 9.28.